The summed E-state index contributed by atoms with van der Waals surface area (Å²) >= 11 is 0. The van der Waals surface area contributed by atoms with Crippen LogP contribution in [-0.2, 0) is 6.42 Å². The van der Waals surface area contributed by atoms with Crippen LogP contribution in [0.1, 0.15) is 52.0 Å². The van der Waals surface area contributed by atoms with Gasteiger partial charge in [0.05, 0.1) is 11.1 Å². The van der Waals surface area contributed by atoms with Gasteiger partial charge in [0, 0.05) is 41.7 Å². The monoisotopic (exact) mass is 569 g/mol. The molecule has 6 nitrogen and oxygen atoms in total. The van der Waals surface area contributed by atoms with E-state index in [1.165, 1.54) is 49.5 Å². The molecule has 4 aromatic rings. The minimum absolute atomic E-state index is 0.0920. The molecule has 11 heteroatoms. The van der Waals surface area contributed by atoms with Gasteiger partial charge < -0.3 is 15.1 Å². The highest BCUT2D eigenvalue weighted by Gasteiger charge is 2.57. The van der Waals surface area contributed by atoms with E-state index in [0.717, 1.165) is 25.5 Å². The Kier molecular flexibility index (Phi) is 6.35. The van der Waals surface area contributed by atoms with Gasteiger partial charge in [-0.15, -0.1) is 0 Å². The normalized spacial score (nSPS) is 19.4. The van der Waals surface area contributed by atoms with E-state index in [2.05, 4.69) is 15.6 Å². The second-order valence-corrected chi connectivity index (χ2v) is 10.8. The number of carbonyl (C=O) groups is 2. The molecule has 3 aliphatic rings. The second-order valence-electron chi connectivity index (χ2n) is 10.8. The van der Waals surface area contributed by atoms with Gasteiger partial charge in [0.15, 0.2) is 0 Å². The molecule has 41 heavy (non-hydrogen) atoms. The predicted octanol–water partition coefficient (Wildman–Crippen LogP) is 6.58. The molecule has 0 radical (unpaired) electrons. The molecular weight excluding hydrogens is 545 g/mol. The third-order valence-electron chi connectivity index (χ3n) is 7.96. The number of nitrogens with one attached hydrogen (secondary N) is 2. The van der Waals surface area contributed by atoms with Gasteiger partial charge in [-0.05, 0) is 85.2 Å². The Balaban J connectivity index is 1.50. The number of hydrogen-bond acceptors (Lipinski definition) is 4. The van der Waals surface area contributed by atoms with Crippen LogP contribution in [0.15, 0.2) is 53.1 Å². The lowest BCUT2D eigenvalue weighted by Gasteiger charge is -2.61. The molecule has 212 valence electrons. The quantitative estimate of drug-likeness (QED) is 0.195. The number of halogens is 5. The minimum atomic E-state index is -4.46. The van der Waals surface area contributed by atoms with Crippen LogP contribution < -0.4 is 10.6 Å². The summed E-state index contributed by atoms with van der Waals surface area (Å²) < 4.78 is 74.1. The first-order valence-corrected chi connectivity index (χ1v) is 13.1. The zero-order chi connectivity index (χ0) is 29.1. The van der Waals surface area contributed by atoms with Crippen molar-refractivity contribution in [2.24, 2.45) is 5.92 Å². The van der Waals surface area contributed by atoms with Crippen molar-refractivity contribution in [2.45, 2.75) is 43.8 Å². The lowest BCUT2D eigenvalue weighted by molar-refractivity contribution is -0.133. The standard InChI is InChI=1S/C30H24F5N3O3/c1-36-28(40)24-21-10-20(18-8-22(26(32)37-14-18)27(39)38-29-11-15(12-29)13-29)17(6-7-30(33,34)35)9-23(21)41-25(24)16-2-4-19(31)5-3-16/h2-5,8-10,14-15H,6-7,11-13H2,1H3,(H,36,40)(H,38,39). The highest BCUT2D eigenvalue weighted by Crippen LogP contribution is 2.57. The summed E-state index contributed by atoms with van der Waals surface area (Å²) in [5.74, 6) is -1.98. The van der Waals surface area contributed by atoms with Crippen molar-refractivity contribution in [3.63, 3.8) is 0 Å². The molecule has 0 saturated heterocycles. The van der Waals surface area contributed by atoms with Crippen LogP contribution in [0.5, 0.6) is 0 Å². The maximum Gasteiger partial charge on any atom is 0.389 e. The topological polar surface area (TPSA) is 84.2 Å². The number of aromatic nitrogens is 1. The smallest absolute Gasteiger partial charge is 0.389 e. The molecule has 2 heterocycles. The van der Waals surface area contributed by atoms with E-state index in [4.69, 9.17) is 4.42 Å². The first-order chi connectivity index (χ1) is 19.4. The number of rotatable bonds is 7. The Bertz CT molecular complexity index is 1680. The van der Waals surface area contributed by atoms with E-state index in [-0.39, 0.29) is 50.1 Å². The summed E-state index contributed by atoms with van der Waals surface area (Å²) in [5, 5.41) is 5.69. The van der Waals surface area contributed by atoms with Crippen molar-refractivity contribution in [2.75, 3.05) is 7.05 Å². The van der Waals surface area contributed by atoms with Gasteiger partial charge in [-0.2, -0.15) is 17.6 Å². The van der Waals surface area contributed by atoms with Gasteiger partial charge in [-0.3, -0.25) is 9.59 Å². The molecule has 2 aromatic carbocycles. The van der Waals surface area contributed by atoms with E-state index >= 15 is 0 Å². The SMILES string of the molecule is CNC(=O)c1c(-c2ccc(F)cc2)oc2cc(CCC(F)(F)F)c(-c3cnc(F)c(C(=O)NC45CC(C4)C5)c3)cc12. The van der Waals surface area contributed by atoms with Gasteiger partial charge in [-0.1, -0.05) is 0 Å². The fourth-order valence-electron chi connectivity index (χ4n) is 5.79. The van der Waals surface area contributed by atoms with E-state index < -0.39 is 42.6 Å². The molecule has 2 N–H and O–H groups in total. The number of hydrogen-bond donors (Lipinski definition) is 2. The number of carbonyl (C=O) groups excluding carboxylic acids is 2. The summed E-state index contributed by atoms with van der Waals surface area (Å²) in [6.45, 7) is 0. The summed E-state index contributed by atoms with van der Waals surface area (Å²) in [7, 11) is 1.41. The summed E-state index contributed by atoms with van der Waals surface area (Å²) in [6.07, 6.45) is -2.39. The van der Waals surface area contributed by atoms with Gasteiger partial charge in [0.25, 0.3) is 11.8 Å². The number of furan rings is 1. The number of pyridine rings is 1. The van der Waals surface area contributed by atoms with E-state index in [1.807, 2.05) is 0 Å². The molecular formula is C30H24F5N3O3. The Labute approximate surface area is 230 Å². The maximum absolute atomic E-state index is 14.7. The number of aryl methyl sites for hydroxylation is 1. The minimum Gasteiger partial charge on any atom is -0.455 e. The molecule has 3 saturated carbocycles. The van der Waals surface area contributed by atoms with Crippen LogP contribution >= 0.6 is 0 Å². The number of amides is 2. The fourth-order valence-corrected chi connectivity index (χ4v) is 5.79. The van der Waals surface area contributed by atoms with Crippen molar-refractivity contribution < 1.29 is 36.0 Å². The zero-order valence-corrected chi connectivity index (χ0v) is 21.8. The van der Waals surface area contributed by atoms with Crippen molar-refractivity contribution in [3.05, 3.63) is 77.1 Å². The lowest BCUT2D eigenvalue weighted by atomic mass is 9.50. The zero-order valence-electron chi connectivity index (χ0n) is 21.8. The number of fused-ring (bicyclic) bond motifs is 1. The lowest BCUT2D eigenvalue weighted by Crippen LogP contribution is -2.68. The molecule has 0 unspecified atom stereocenters. The molecule has 2 amide bonds. The predicted molar refractivity (Wildman–Crippen MR) is 140 cm³/mol. The molecule has 7 rings (SSSR count). The average Bonchev–Trinajstić information content (AvgIpc) is 3.26. The number of nitrogens with zero attached hydrogens (tertiary/aromatic N) is 1. The average molecular weight is 570 g/mol. The number of alkyl halides is 3. The largest absolute Gasteiger partial charge is 0.455 e. The highest BCUT2D eigenvalue weighted by atomic mass is 19.4. The molecule has 2 bridgehead atoms. The van der Waals surface area contributed by atoms with Crippen LogP contribution in [0.25, 0.3) is 33.4 Å². The Hall–Kier alpha value is -4.28. The molecule has 3 aliphatic carbocycles. The molecule has 0 aliphatic heterocycles. The van der Waals surface area contributed by atoms with Crippen LogP contribution in [-0.4, -0.2) is 35.6 Å². The Morgan fingerprint density at radius 3 is 2.34 bits per heavy atom. The van der Waals surface area contributed by atoms with Crippen molar-refractivity contribution in [1.29, 1.82) is 0 Å². The van der Waals surface area contributed by atoms with Gasteiger partial charge >= 0.3 is 6.18 Å². The van der Waals surface area contributed by atoms with Crippen LogP contribution in [0, 0.1) is 17.7 Å². The molecule has 0 atom stereocenters. The summed E-state index contributed by atoms with van der Waals surface area (Å²) in [4.78, 5) is 29.7. The first kappa shape index (κ1) is 26.9. The number of benzene rings is 2. The molecule has 0 spiro atoms. The highest BCUT2D eigenvalue weighted by molar-refractivity contribution is 6.12. The third-order valence-corrected chi connectivity index (χ3v) is 7.96. The molecule has 3 fully saturated rings. The van der Waals surface area contributed by atoms with E-state index in [0.29, 0.717) is 11.5 Å². The Morgan fingerprint density at radius 1 is 1.02 bits per heavy atom. The Morgan fingerprint density at radius 2 is 1.73 bits per heavy atom. The van der Waals surface area contributed by atoms with Crippen molar-refractivity contribution in [1.82, 2.24) is 15.6 Å². The van der Waals surface area contributed by atoms with Crippen LogP contribution in [0.2, 0.25) is 0 Å². The van der Waals surface area contributed by atoms with Crippen LogP contribution in [0.4, 0.5) is 22.0 Å². The van der Waals surface area contributed by atoms with Crippen molar-refractivity contribution >= 4 is 22.8 Å². The maximum atomic E-state index is 14.7. The summed E-state index contributed by atoms with van der Waals surface area (Å²) in [6, 6.07) is 9.39. The van der Waals surface area contributed by atoms with Gasteiger partial charge in [0.2, 0.25) is 5.95 Å². The van der Waals surface area contributed by atoms with Crippen LogP contribution in [0.3, 0.4) is 0 Å². The van der Waals surface area contributed by atoms with Gasteiger partial charge in [-0.25, -0.2) is 9.37 Å². The van der Waals surface area contributed by atoms with Crippen molar-refractivity contribution in [3.8, 4) is 22.5 Å². The summed E-state index contributed by atoms with van der Waals surface area (Å²) in [5.41, 5.74) is 0.630. The van der Waals surface area contributed by atoms with E-state index in [9.17, 15) is 31.5 Å². The van der Waals surface area contributed by atoms with E-state index in [1.54, 1.807) is 0 Å². The third kappa shape index (κ3) is 4.93. The van der Waals surface area contributed by atoms with Gasteiger partial charge in [0.1, 0.15) is 17.2 Å². The molecule has 2 aromatic heterocycles. The fraction of sp³-hybridized carbons (Fsp3) is 0.300. The first-order valence-electron chi connectivity index (χ1n) is 13.1. The second kappa shape index (κ2) is 9.67.